The SMILES string of the molecule is Cc1ccc(-c2cc(-c3cccs3)cc(-c3cccs3)c2)s1. The Hall–Kier alpha value is -1.68. The van der Waals surface area contributed by atoms with Gasteiger partial charge in [0.1, 0.15) is 0 Å². The van der Waals surface area contributed by atoms with Crippen LogP contribution in [0.2, 0.25) is 0 Å². The Morgan fingerprint density at radius 2 is 1.18 bits per heavy atom. The highest BCUT2D eigenvalue weighted by molar-refractivity contribution is 7.15. The number of rotatable bonds is 3. The number of aryl methyl sites for hydroxylation is 1. The van der Waals surface area contributed by atoms with Crippen LogP contribution in [-0.4, -0.2) is 0 Å². The van der Waals surface area contributed by atoms with Gasteiger partial charge in [-0.3, -0.25) is 0 Å². The van der Waals surface area contributed by atoms with Crippen LogP contribution >= 0.6 is 34.0 Å². The molecule has 3 heteroatoms. The number of benzene rings is 1. The maximum Gasteiger partial charge on any atom is 0.0345 e. The van der Waals surface area contributed by atoms with E-state index in [-0.39, 0.29) is 0 Å². The molecule has 0 aliphatic carbocycles. The first-order chi connectivity index (χ1) is 10.8. The lowest BCUT2D eigenvalue weighted by molar-refractivity contribution is 1.64. The molecule has 0 spiro atoms. The van der Waals surface area contributed by atoms with Crippen molar-refractivity contribution in [2.75, 3.05) is 0 Å². The lowest BCUT2D eigenvalue weighted by Crippen LogP contribution is -1.81. The highest BCUT2D eigenvalue weighted by atomic mass is 32.1. The molecule has 3 heterocycles. The summed E-state index contributed by atoms with van der Waals surface area (Å²) >= 11 is 5.46. The van der Waals surface area contributed by atoms with Crippen LogP contribution in [0.25, 0.3) is 31.3 Å². The molecule has 0 saturated heterocycles. The maximum absolute atomic E-state index is 2.31. The van der Waals surface area contributed by atoms with Gasteiger partial charge in [-0.05, 0) is 76.8 Å². The van der Waals surface area contributed by atoms with E-state index >= 15 is 0 Å². The molecule has 0 nitrogen and oxygen atoms in total. The molecule has 0 radical (unpaired) electrons. The first-order valence-electron chi connectivity index (χ1n) is 7.09. The van der Waals surface area contributed by atoms with E-state index in [4.69, 9.17) is 0 Å². The molecule has 0 aliphatic heterocycles. The van der Waals surface area contributed by atoms with Gasteiger partial charge in [-0.15, -0.1) is 34.0 Å². The second kappa shape index (κ2) is 5.84. The molecule has 3 aromatic heterocycles. The predicted octanol–water partition coefficient (Wildman–Crippen LogP) is 7.18. The van der Waals surface area contributed by atoms with Gasteiger partial charge in [-0.2, -0.15) is 0 Å². The van der Waals surface area contributed by atoms with Crippen molar-refractivity contribution in [1.82, 2.24) is 0 Å². The average Bonchev–Trinajstić information content (AvgIpc) is 3.29. The molecule has 0 N–H and O–H groups in total. The fourth-order valence-corrected chi connectivity index (χ4v) is 4.81. The molecule has 4 aromatic rings. The normalized spacial score (nSPS) is 11.0. The number of hydrogen-bond acceptors (Lipinski definition) is 3. The number of hydrogen-bond donors (Lipinski definition) is 0. The Morgan fingerprint density at radius 1 is 0.636 bits per heavy atom. The highest BCUT2D eigenvalue weighted by Gasteiger charge is 2.09. The zero-order valence-corrected chi connectivity index (χ0v) is 14.5. The first kappa shape index (κ1) is 13.9. The van der Waals surface area contributed by atoms with Crippen LogP contribution in [0.5, 0.6) is 0 Å². The summed E-state index contributed by atoms with van der Waals surface area (Å²) < 4.78 is 0. The first-order valence-corrected chi connectivity index (χ1v) is 9.67. The molecule has 1 aromatic carbocycles. The van der Waals surface area contributed by atoms with Crippen molar-refractivity contribution in [3.63, 3.8) is 0 Å². The second-order valence-corrected chi connectivity index (χ2v) is 8.35. The molecule has 108 valence electrons. The van der Waals surface area contributed by atoms with Crippen LogP contribution < -0.4 is 0 Å². The third-order valence-electron chi connectivity index (χ3n) is 3.57. The van der Waals surface area contributed by atoms with E-state index in [0.29, 0.717) is 0 Å². The average molecular weight is 339 g/mol. The molecule has 22 heavy (non-hydrogen) atoms. The minimum absolute atomic E-state index is 1.31. The molecule has 0 aliphatic rings. The van der Waals surface area contributed by atoms with E-state index in [9.17, 15) is 0 Å². The van der Waals surface area contributed by atoms with Crippen LogP contribution in [-0.2, 0) is 0 Å². The van der Waals surface area contributed by atoms with Crippen molar-refractivity contribution in [1.29, 1.82) is 0 Å². The fourth-order valence-electron chi connectivity index (χ4n) is 2.53. The van der Waals surface area contributed by atoms with Gasteiger partial charge in [0, 0.05) is 19.5 Å². The minimum atomic E-state index is 1.31. The zero-order valence-electron chi connectivity index (χ0n) is 12.1. The standard InChI is InChI=1S/C19H14S3/c1-13-6-7-19(22-13)16-11-14(17-4-2-8-20-17)10-15(12-16)18-5-3-9-21-18/h2-12H,1H3. The summed E-state index contributed by atoms with van der Waals surface area (Å²) in [5, 5.41) is 4.28. The van der Waals surface area contributed by atoms with Gasteiger partial charge in [0.15, 0.2) is 0 Å². The Bertz CT molecular complexity index is 828. The summed E-state index contributed by atoms with van der Waals surface area (Å²) in [5.74, 6) is 0. The summed E-state index contributed by atoms with van der Waals surface area (Å²) in [6, 6.07) is 20.0. The molecule has 0 bridgehead atoms. The van der Waals surface area contributed by atoms with E-state index < -0.39 is 0 Å². The topological polar surface area (TPSA) is 0 Å². The van der Waals surface area contributed by atoms with Crippen LogP contribution in [0.4, 0.5) is 0 Å². The van der Waals surface area contributed by atoms with Crippen LogP contribution in [0, 0.1) is 6.92 Å². The van der Waals surface area contributed by atoms with Crippen LogP contribution in [0.15, 0.2) is 65.4 Å². The summed E-state index contributed by atoms with van der Waals surface area (Å²) in [5.41, 5.74) is 3.93. The lowest BCUT2D eigenvalue weighted by atomic mass is 10.0. The van der Waals surface area contributed by atoms with Crippen LogP contribution in [0.3, 0.4) is 0 Å². The van der Waals surface area contributed by atoms with Gasteiger partial charge >= 0.3 is 0 Å². The zero-order chi connectivity index (χ0) is 14.9. The summed E-state index contributed by atoms with van der Waals surface area (Å²) in [4.78, 5) is 5.35. The van der Waals surface area contributed by atoms with E-state index in [1.54, 1.807) is 22.7 Å². The predicted molar refractivity (Wildman–Crippen MR) is 101 cm³/mol. The minimum Gasteiger partial charge on any atom is -0.144 e. The van der Waals surface area contributed by atoms with Gasteiger partial charge in [0.25, 0.3) is 0 Å². The van der Waals surface area contributed by atoms with E-state index in [1.165, 1.54) is 36.2 Å². The largest absolute Gasteiger partial charge is 0.144 e. The van der Waals surface area contributed by atoms with Gasteiger partial charge in [0.05, 0.1) is 0 Å². The molecule has 4 rings (SSSR count). The Labute approximate surface area is 142 Å². The van der Waals surface area contributed by atoms with Gasteiger partial charge in [-0.25, -0.2) is 0 Å². The Morgan fingerprint density at radius 3 is 1.59 bits per heavy atom. The molecular weight excluding hydrogens is 324 g/mol. The fraction of sp³-hybridized carbons (Fsp3) is 0.0526. The van der Waals surface area contributed by atoms with Gasteiger partial charge < -0.3 is 0 Å². The third-order valence-corrected chi connectivity index (χ3v) is 6.46. The second-order valence-electron chi connectivity index (χ2n) is 5.16. The van der Waals surface area contributed by atoms with Crippen molar-refractivity contribution >= 4 is 34.0 Å². The van der Waals surface area contributed by atoms with Gasteiger partial charge in [-0.1, -0.05) is 12.1 Å². The van der Waals surface area contributed by atoms with E-state index in [2.05, 4.69) is 72.3 Å². The van der Waals surface area contributed by atoms with Crippen LogP contribution in [0.1, 0.15) is 4.88 Å². The van der Waals surface area contributed by atoms with Gasteiger partial charge in [0.2, 0.25) is 0 Å². The third kappa shape index (κ3) is 2.68. The monoisotopic (exact) mass is 338 g/mol. The van der Waals surface area contributed by atoms with Crippen molar-refractivity contribution in [3.8, 4) is 31.3 Å². The number of thiophene rings is 3. The molecule has 0 atom stereocenters. The quantitative estimate of drug-likeness (QED) is 0.371. The lowest BCUT2D eigenvalue weighted by Gasteiger charge is -2.07. The summed E-state index contributed by atoms with van der Waals surface area (Å²) in [7, 11) is 0. The van der Waals surface area contributed by atoms with Crippen molar-refractivity contribution in [2.45, 2.75) is 6.92 Å². The molecule has 0 fully saturated rings. The molecule has 0 unspecified atom stereocenters. The smallest absolute Gasteiger partial charge is 0.0345 e. The Balaban J connectivity index is 1.91. The van der Waals surface area contributed by atoms with E-state index in [1.807, 2.05) is 11.3 Å². The van der Waals surface area contributed by atoms with Crippen molar-refractivity contribution in [2.24, 2.45) is 0 Å². The molecule has 0 saturated carbocycles. The van der Waals surface area contributed by atoms with Crippen molar-refractivity contribution in [3.05, 3.63) is 70.2 Å². The maximum atomic E-state index is 2.31. The van der Waals surface area contributed by atoms with E-state index in [0.717, 1.165) is 0 Å². The Kier molecular flexibility index (Phi) is 3.70. The molecular formula is C19H14S3. The summed E-state index contributed by atoms with van der Waals surface area (Å²) in [6.45, 7) is 2.16. The molecule has 0 amide bonds. The summed E-state index contributed by atoms with van der Waals surface area (Å²) in [6.07, 6.45) is 0. The van der Waals surface area contributed by atoms with Crippen molar-refractivity contribution < 1.29 is 0 Å². The highest BCUT2D eigenvalue weighted by Crippen LogP contribution is 2.37.